The molecule has 2 rings (SSSR count). The summed E-state index contributed by atoms with van der Waals surface area (Å²) in [5.74, 6) is -0.0343. The van der Waals surface area contributed by atoms with Crippen LogP contribution < -0.4 is 5.73 Å². The van der Waals surface area contributed by atoms with Crippen molar-refractivity contribution in [1.82, 2.24) is 4.90 Å². The number of amides is 1. The zero-order chi connectivity index (χ0) is 14.5. The predicted octanol–water partition coefficient (Wildman–Crippen LogP) is 0.949. The van der Waals surface area contributed by atoms with E-state index in [1.807, 2.05) is 42.2 Å². The van der Waals surface area contributed by atoms with Gasteiger partial charge in [-0.3, -0.25) is 4.79 Å². The summed E-state index contributed by atoms with van der Waals surface area (Å²) >= 11 is 0. The van der Waals surface area contributed by atoms with E-state index in [1.165, 1.54) is 0 Å². The summed E-state index contributed by atoms with van der Waals surface area (Å²) in [7, 11) is 1.56. The number of hydrogen-bond acceptors (Lipinski definition) is 4. The van der Waals surface area contributed by atoms with Crippen LogP contribution in [0.4, 0.5) is 0 Å². The van der Waals surface area contributed by atoms with Gasteiger partial charge in [0.2, 0.25) is 0 Å². The summed E-state index contributed by atoms with van der Waals surface area (Å²) in [4.78, 5) is 14.5. The normalized spacial score (nSPS) is 24.4. The highest BCUT2D eigenvalue weighted by Gasteiger charge is 2.33. The fourth-order valence-electron chi connectivity index (χ4n) is 2.43. The minimum atomic E-state index is -0.574. The Morgan fingerprint density at radius 3 is 2.80 bits per heavy atom. The first-order valence-corrected chi connectivity index (χ1v) is 6.87. The van der Waals surface area contributed by atoms with Crippen molar-refractivity contribution in [3.05, 3.63) is 35.9 Å². The van der Waals surface area contributed by atoms with Gasteiger partial charge in [-0.15, -0.1) is 0 Å². The van der Waals surface area contributed by atoms with Gasteiger partial charge in [-0.2, -0.15) is 0 Å². The maximum absolute atomic E-state index is 12.7. The van der Waals surface area contributed by atoms with E-state index in [0.717, 1.165) is 5.56 Å². The molecule has 3 unspecified atom stereocenters. The van der Waals surface area contributed by atoms with E-state index in [-0.39, 0.29) is 18.1 Å². The lowest BCUT2D eigenvalue weighted by atomic mass is 10.1. The van der Waals surface area contributed by atoms with Crippen LogP contribution in [0.1, 0.15) is 18.6 Å². The molecule has 1 aliphatic heterocycles. The molecule has 0 aromatic heterocycles. The molecule has 20 heavy (non-hydrogen) atoms. The van der Waals surface area contributed by atoms with Crippen molar-refractivity contribution in [1.29, 1.82) is 0 Å². The number of hydrogen-bond donors (Lipinski definition) is 1. The number of methoxy groups -OCH3 is 1. The second-order valence-corrected chi connectivity index (χ2v) is 5.06. The fraction of sp³-hybridized carbons (Fsp3) is 0.533. The van der Waals surface area contributed by atoms with Crippen LogP contribution in [0.15, 0.2) is 30.3 Å². The summed E-state index contributed by atoms with van der Waals surface area (Å²) in [6.07, 6.45) is -0.668. The van der Waals surface area contributed by atoms with Gasteiger partial charge in [0, 0.05) is 20.2 Å². The maximum atomic E-state index is 12.7. The second-order valence-electron chi connectivity index (χ2n) is 5.06. The molecular formula is C15H22N2O3. The third-order valence-corrected chi connectivity index (χ3v) is 3.61. The standard InChI is InChI=1S/C15H22N2O3/c1-11-10-20-13(8-16)9-17(11)15(18)14(19-2)12-6-4-3-5-7-12/h3-7,11,13-14H,8-10,16H2,1-2H3. The molecule has 1 fully saturated rings. The van der Waals surface area contributed by atoms with Crippen molar-refractivity contribution in [3.8, 4) is 0 Å². The number of nitrogens with two attached hydrogens (primary N) is 1. The third kappa shape index (κ3) is 3.17. The Kier molecular flexibility index (Phi) is 5.11. The summed E-state index contributed by atoms with van der Waals surface area (Å²) in [5, 5.41) is 0. The van der Waals surface area contributed by atoms with Crippen molar-refractivity contribution < 1.29 is 14.3 Å². The highest BCUT2D eigenvalue weighted by Crippen LogP contribution is 2.22. The van der Waals surface area contributed by atoms with Gasteiger partial charge in [0.1, 0.15) is 0 Å². The van der Waals surface area contributed by atoms with Gasteiger partial charge in [-0.1, -0.05) is 30.3 Å². The predicted molar refractivity (Wildman–Crippen MR) is 76.2 cm³/mol. The molecule has 3 atom stereocenters. The summed E-state index contributed by atoms with van der Waals surface area (Å²) in [6, 6.07) is 9.56. The molecule has 0 spiro atoms. The summed E-state index contributed by atoms with van der Waals surface area (Å²) in [6.45, 7) is 3.42. The highest BCUT2D eigenvalue weighted by molar-refractivity contribution is 5.82. The van der Waals surface area contributed by atoms with E-state index in [1.54, 1.807) is 7.11 Å². The molecule has 0 aliphatic carbocycles. The summed E-state index contributed by atoms with van der Waals surface area (Å²) in [5.41, 5.74) is 6.50. The largest absolute Gasteiger partial charge is 0.373 e. The SMILES string of the molecule is COC(C(=O)N1CC(CN)OCC1C)c1ccccc1. The zero-order valence-electron chi connectivity index (χ0n) is 12.0. The van der Waals surface area contributed by atoms with Crippen LogP contribution in [-0.4, -0.2) is 49.8 Å². The average Bonchev–Trinajstić information content (AvgIpc) is 2.49. The number of nitrogens with zero attached hydrogens (tertiary/aromatic N) is 1. The Hall–Kier alpha value is -1.43. The lowest BCUT2D eigenvalue weighted by molar-refractivity contribution is -0.154. The molecule has 5 nitrogen and oxygen atoms in total. The quantitative estimate of drug-likeness (QED) is 0.890. The van der Waals surface area contributed by atoms with E-state index < -0.39 is 6.10 Å². The Labute approximate surface area is 119 Å². The lowest BCUT2D eigenvalue weighted by Gasteiger charge is -2.39. The van der Waals surface area contributed by atoms with Crippen LogP contribution in [0, 0.1) is 0 Å². The molecule has 1 saturated heterocycles. The molecule has 1 amide bonds. The summed E-state index contributed by atoms with van der Waals surface area (Å²) < 4.78 is 11.0. The minimum Gasteiger partial charge on any atom is -0.373 e. The Balaban J connectivity index is 2.15. The van der Waals surface area contributed by atoms with Gasteiger partial charge in [0.15, 0.2) is 6.10 Å². The molecule has 1 aliphatic rings. The van der Waals surface area contributed by atoms with Gasteiger partial charge in [-0.25, -0.2) is 0 Å². The Morgan fingerprint density at radius 2 is 2.20 bits per heavy atom. The number of morpholine rings is 1. The second kappa shape index (κ2) is 6.83. The Morgan fingerprint density at radius 1 is 1.50 bits per heavy atom. The molecule has 110 valence electrons. The van der Waals surface area contributed by atoms with Gasteiger partial charge in [0.05, 0.1) is 18.8 Å². The van der Waals surface area contributed by atoms with E-state index in [0.29, 0.717) is 19.7 Å². The van der Waals surface area contributed by atoms with Gasteiger partial charge in [0.25, 0.3) is 5.91 Å². The van der Waals surface area contributed by atoms with Crippen LogP contribution in [0.25, 0.3) is 0 Å². The molecule has 1 heterocycles. The fourth-order valence-corrected chi connectivity index (χ4v) is 2.43. The molecule has 5 heteroatoms. The zero-order valence-corrected chi connectivity index (χ0v) is 12.0. The molecule has 0 saturated carbocycles. The van der Waals surface area contributed by atoms with Gasteiger partial charge in [-0.05, 0) is 12.5 Å². The number of carbonyl (C=O) groups excluding carboxylic acids is 1. The lowest BCUT2D eigenvalue weighted by Crippen LogP contribution is -2.54. The first kappa shape index (κ1) is 15.0. The van der Waals surface area contributed by atoms with Crippen molar-refractivity contribution in [2.24, 2.45) is 5.73 Å². The topological polar surface area (TPSA) is 64.8 Å². The third-order valence-electron chi connectivity index (χ3n) is 3.61. The first-order chi connectivity index (χ1) is 9.67. The Bertz CT molecular complexity index is 438. The monoisotopic (exact) mass is 278 g/mol. The number of benzene rings is 1. The molecule has 0 radical (unpaired) electrons. The van der Waals surface area contributed by atoms with Crippen molar-refractivity contribution >= 4 is 5.91 Å². The van der Waals surface area contributed by atoms with Crippen LogP contribution in [0.2, 0.25) is 0 Å². The van der Waals surface area contributed by atoms with E-state index >= 15 is 0 Å². The van der Waals surface area contributed by atoms with Crippen LogP contribution in [0.5, 0.6) is 0 Å². The van der Waals surface area contributed by atoms with Crippen LogP contribution in [0.3, 0.4) is 0 Å². The van der Waals surface area contributed by atoms with Crippen LogP contribution >= 0.6 is 0 Å². The van der Waals surface area contributed by atoms with E-state index in [9.17, 15) is 4.79 Å². The molecular weight excluding hydrogens is 256 g/mol. The van der Waals surface area contributed by atoms with E-state index in [2.05, 4.69) is 0 Å². The van der Waals surface area contributed by atoms with Crippen molar-refractivity contribution in [3.63, 3.8) is 0 Å². The number of rotatable bonds is 4. The first-order valence-electron chi connectivity index (χ1n) is 6.87. The van der Waals surface area contributed by atoms with Gasteiger partial charge >= 0.3 is 0 Å². The van der Waals surface area contributed by atoms with E-state index in [4.69, 9.17) is 15.2 Å². The molecule has 1 aromatic rings. The average molecular weight is 278 g/mol. The minimum absolute atomic E-state index is 0.0339. The van der Waals surface area contributed by atoms with Gasteiger partial charge < -0.3 is 20.1 Å². The number of carbonyl (C=O) groups is 1. The smallest absolute Gasteiger partial charge is 0.256 e. The maximum Gasteiger partial charge on any atom is 0.256 e. The molecule has 1 aromatic carbocycles. The van der Waals surface area contributed by atoms with Crippen molar-refractivity contribution in [2.75, 3.05) is 26.8 Å². The molecule has 2 N–H and O–H groups in total. The van der Waals surface area contributed by atoms with Crippen molar-refractivity contribution in [2.45, 2.75) is 25.2 Å². The highest BCUT2D eigenvalue weighted by atomic mass is 16.5. The molecule has 0 bridgehead atoms. The number of ether oxygens (including phenoxy) is 2. The van der Waals surface area contributed by atoms with Crippen LogP contribution in [-0.2, 0) is 14.3 Å².